The van der Waals surface area contributed by atoms with Crippen molar-refractivity contribution in [1.29, 1.82) is 0 Å². The van der Waals surface area contributed by atoms with Crippen molar-refractivity contribution in [3.8, 4) is 5.75 Å². The average molecular weight is 247 g/mol. The molecule has 0 saturated heterocycles. The second kappa shape index (κ2) is 4.37. The molecule has 18 heavy (non-hydrogen) atoms. The van der Waals surface area contributed by atoms with Crippen LogP contribution in [0.25, 0.3) is 10.9 Å². The van der Waals surface area contributed by atoms with Crippen molar-refractivity contribution >= 4 is 17.0 Å². The molecule has 1 aromatic carbocycles. The molecule has 0 bridgehead atoms. The fraction of sp³-hybridized carbons (Fsp3) is 0.357. The van der Waals surface area contributed by atoms with Gasteiger partial charge in [-0.2, -0.15) is 0 Å². The molecule has 0 saturated carbocycles. The minimum absolute atomic E-state index is 0.401. The number of aromatic nitrogens is 1. The number of hydrogen-bond acceptors (Lipinski definition) is 3. The van der Waals surface area contributed by atoms with Gasteiger partial charge in [-0.1, -0.05) is 12.1 Å². The van der Waals surface area contributed by atoms with Gasteiger partial charge >= 0.3 is 6.09 Å². The molecule has 96 valence electrons. The molecule has 4 heteroatoms. The Labute approximate surface area is 106 Å². The zero-order valence-corrected chi connectivity index (χ0v) is 11.1. The quantitative estimate of drug-likeness (QED) is 0.775. The lowest BCUT2D eigenvalue weighted by atomic mass is 10.2. The summed E-state index contributed by atoms with van der Waals surface area (Å²) in [7, 11) is 1.58. The van der Waals surface area contributed by atoms with Gasteiger partial charge in [-0.25, -0.2) is 9.36 Å². The van der Waals surface area contributed by atoms with Crippen molar-refractivity contribution in [2.45, 2.75) is 26.4 Å². The number of methoxy groups -OCH3 is 1. The van der Waals surface area contributed by atoms with Gasteiger partial charge in [0, 0.05) is 5.39 Å². The lowest BCUT2D eigenvalue weighted by molar-refractivity contribution is 0.0544. The highest BCUT2D eigenvalue weighted by molar-refractivity contribution is 5.94. The Morgan fingerprint density at radius 1 is 1.22 bits per heavy atom. The molecule has 0 atom stereocenters. The van der Waals surface area contributed by atoms with Crippen molar-refractivity contribution in [3.63, 3.8) is 0 Å². The van der Waals surface area contributed by atoms with Gasteiger partial charge in [0.2, 0.25) is 0 Å². The highest BCUT2D eigenvalue weighted by Gasteiger charge is 2.20. The first-order valence-corrected chi connectivity index (χ1v) is 5.80. The Balaban J connectivity index is 2.48. The summed E-state index contributed by atoms with van der Waals surface area (Å²) in [4.78, 5) is 12.1. The van der Waals surface area contributed by atoms with E-state index in [0.29, 0.717) is 5.75 Å². The van der Waals surface area contributed by atoms with Gasteiger partial charge < -0.3 is 9.47 Å². The number of rotatable bonds is 1. The number of benzene rings is 1. The summed E-state index contributed by atoms with van der Waals surface area (Å²) in [5.41, 5.74) is 0.263. The maximum atomic E-state index is 12.1. The second-order valence-corrected chi connectivity index (χ2v) is 5.06. The summed E-state index contributed by atoms with van der Waals surface area (Å²) in [5.74, 6) is 0.663. The molecular formula is C14H17NO3. The molecule has 0 unspecified atom stereocenters. The normalized spacial score (nSPS) is 11.6. The lowest BCUT2D eigenvalue weighted by Gasteiger charge is -2.19. The molecule has 0 fully saturated rings. The predicted molar refractivity (Wildman–Crippen MR) is 70.1 cm³/mol. The van der Waals surface area contributed by atoms with E-state index in [2.05, 4.69) is 0 Å². The van der Waals surface area contributed by atoms with E-state index in [1.807, 2.05) is 45.0 Å². The van der Waals surface area contributed by atoms with Crippen LogP contribution in [-0.4, -0.2) is 23.4 Å². The summed E-state index contributed by atoms with van der Waals surface area (Å²) in [6.45, 7) is 5.52. The highest BCUT2D eigenvalue weighted by Crippen LogP contribution is 2.28. The molecule has 4 nitrogen and oxygen atoms in total. The van der Waals surface area contributed by atoms with Crippen molar-refractivity contribution in [1.82, 2.24) is 4.57 Å². The van der Waals surface area contributed by atoms with Crippen LogP contribution < -0.4 is 4.74 Å². The standard InChI is InChI=1S/C14H17NO3/c1-14(2,3)18-13(16)15-9-12(17-4)10-7-5-6-8-11(10)15/h5-9H,1-4H3. The Bertz CT molecular complexity index is 578. The molecule has 0 amide bonds. The van der Waals surface area contributed by atoms with E-state index >= 15 is 0 Å². The van der Waals surface area contributed by atoms with Crippen LogP contribution in [0.15, 0.2) is 30.5 Å². The first-order chi connectivity index (χ1) is 8.42. The van der Waals surface area contributed by atoms with E-state index in [1.165, 1.54) is 4.57 Å². The average Bonchev–Trinajstić information content (AvgIpc) is 2.65. The molecule has 0 aliphatic carbocycles. The third-order valence-corrected chi connectivity index (χ3v) is 2.49. The number of hydrogen-bond donors (Lipinski definition) is 0. The number of ether oxygens (including phenoxy) is 2. The van der Waals surface area contributed by atoms with Gasteiger partial charge in [-0.15, -0.1) is 0 Å². The topological polar surface area (TPSA) is 40.5 Å². The van der Waals surface area contributed by atoms with Gasteiger partial charge in [0.1, 0.15) is 11.4 Å². The number of fused-ring (bicyclic) bond motifs is 1. The summed E-state index contributed by atoms with van der Waals surface area (Å²) < 4.78 is 12.1. The van der Waals surface area contributed by atoms with Crippen LogP contribution in [0, 0.1) is 0 Å². The maximum absolute atomic E-state index is 12.1. The van der Waals surface area contributed by atoms with E-state index in [0.717, 1.165) is 10.9 Å². The molecule has 0 N–H and O–H groups in total. The lowest BCUT2D eigenvalue weighted by Crippen LogP contribution is -2.26. The van der Waals surface area contributed by atoms with Gasteiger partial charge in [0.15, 0.2) is 0 Å². The molecule has 0 radical (unpaired) electrons. The van der Waals surface area contributed by atoms with Crippen LogP contribution in [0.4, 0.5) is 4.79 Å². The largest absolute Gasteiger partial charge is 0.494 e. The van der Waals surface area contributed by atoms with E-state index in [-0.39, 0.29) is 0 Å². The van der Waals surface area contributed by atoms with Crippen molar-refractivity contribution < 1.29 is 14.3 Å². The van der Waals surface area contributed by atoms with Crippen molar-refractivity contribution in [2.75, 3.05) is 7.11 Å². The van der Waals surface area contributed by atoms with Gasteiger partial charge in [-0.05, 0) is 32.9 Å². The molecule has 0 aliphatic heterocycles. The minimum atomic E-state index is -0.518. The first-order valence-electron chi connectivity index (χ1n) is 5.80. The first kappa shape index (κ1) is 12.5. The van der Waals surface area contributed by atoms with Crippen LogP contribution >= 0.6 is 0 Å². The van der Waals surface area contributed by atoms with Crippen molar-refractivity contribution in [3.05, 3.63) is 30.5 Å². The van der Waals surface area contributed by atoms with Crippen LogP contribution in [0.5, 0.6) is 5.75 Å². The van der Waals surface area contributed by atoms with E-state index in [1.54, 1.807) is 13.3 Å². The van der Waals surface area contributed by atoms with E-state index < -0.39 is 11.7 Å². The number of para-hydroxylation sites is 1. The molecule has 1 heterocycles. The van der Waals surface area contributed by atoms with E-state index in [9.17, 15) is 4.79 Å². The number of carbonyl (C=O) groups is 1. The number of nitrogens with zero attached hydrogens (tertiary/aromatic N) is 1. The third-order valence-electron chi connectivity index (χ3n) is 2.49. The van der Waals surface area contributed by atoms with Crippen LogP contribution in [0.1, 0.15) is 20.8 Å². The monoisotopic (exact) mass is 247 g/mol. The fourth-order valence-electron chi connectivity index (χ4n) is 1.77. The molecule has 0 spiro atoms. The molecule has 1 aromatic heterocycles. The second-order valence-electron chi connectivity index (χ2n) is 5.06. The zero-order chi connectivity index (χ0) is 13.3. The summed E-state index contributed by atoms with van der Waals surface area (Å²) >= 11 is 0. The fourth-order valence-corrected chi connectivity index (χ4v) is 1.77. The Hall–Kier alpha value is -1.97. The number of carbonyl (C=O) groups excluding carboxylic acids is 1. The Morgan fingerprint density at radius 3 is 2.50 bits per heavy atom. The molecule has 0 aliphatic rings. The van der Waals surface area contributed by atoms with Gasteiger partial charge in [0.05, 0.1) is 18.8 Å². The van der Waals surface area contributed by atoms with Gasteiger partial charge in [-0.3, -0.25) is 0 Å². The maximum Gasteiger partial charge on any atom is 0.419 e. The van der Waals surface area contributed by atoms with Crippen LogP contribution in [-0.2, 0) is 4.74 Å². The van der Waals surface area contributed by atoms with Gasteiger partial charge in [0.25, 0.3) is 0 Å². The molecular weight excluding hydrogens is 230 g/mol. The SMILES string of the molecule is COc1cn(C(=O)OC(C)(C)C)c2ccccc12. The predicted octanol–water partition coefficient (Wildman–Crippen LogP) is 3.43. The summed E-state index contributed by atoms with van der Waals surface area (Å²) in [5, 5.41) is 0.894. The molecule has 2 aromatic rings. The minimum Gasteiger partial charge on any atom is -0.494 e. The summed E-state index contributed by atoms with van der Waals surface area (Å²) in [6, 6.07) is 7.56. The Kier molecular flexibility index (Phi) is 3.03. The third kappa shape index (κ3) is 2.32. The van der Waals surface area contributed by atoms with Crippen LogP contribution in [0.3, 0.4) is 0 Å². The molecule has 2 rings (SSSR count). The van der Waals surface area contributed by atoms with E-state index in [4.69, 9.17) is 9.47 Å². The zero-order valence-electron chi connectivity index (χ0n) is 11.1. The van der Waals surface area contributed by atoms with Crippen LogP contribution in [0.2, 0.25) is 0 Å². The highest BCUT2D eigenvalue weighted by atomic mass is 16.6. The van der Waals surface area contributed by atoms with Crippen molar-refractivity contribution in [2.24, 2.45) is 0 Å². The smallest absolute Gasteiger partial charge is 0.419 e. The summed E-state index contributed by atoms with van der Waals surface area (Å²) in [6.07, 6.45) is 1.25. The Morgan fingerprint density at radius 2 is 1.89 bits per heavy atom.